The number of aromatic amines is 1. The standard InChI is InChI=1S/C52H70N12O8/c1-3-4-22-44(65)61-43-29-46(67)56-25-11-10-20-39(47(53)68)62-51(72)42(28-35-31-58-38-19-9-8-18-37(35)38)64-49(70)40(21-13-26-57-52(54)55)63-50(71)41(27-33-15-6-5-7-16-33)60-45(66)24-23-36-32(2)14-12-17-34(36)30-59-48(43)69/h5-9,12,14-19,31,39-43,58H,3-4,10-11,13,20-30H2,1-2H3,(H2,53,68)(H,56,67)(H,59,69)(H,60,66)(H,61,65)(H,62,72)(H,63,71)(H,64,70)(H4,54,55,57)/t39-,40-,41+,42-,43-/m0/s1. The number of amides is 8. The molecule has 0 bridgehead atoms. The van der Waals surface area contributed by atoms with Gasteiger partial charge in [-0.15, -0.1) is 0 Å². The smallest absolute Gasteiger partial charge is 0.243 e. The Morgan fingerprint density at radius 1 is 0.722 bits per heavy atom. The van der Waals surface area contributed by atoms with E-state index in [1.807, 2.05) is 74.5 Å². The van der Waals surface area contributed by atoms with E-state index in [1.165, 1.54) is 0 Å². The number of benzene rings is 3. The van der Waals surface area contributed by atoms with Gasteiger partial charge in [-0.3, -0.25) is 43.3 Å². The van der Waals surface area contributed by atoms with Crippen LogP contribution < -0.4 is 54.4 Å². The molecule has 5 atom stereocenters. The Kier molecular flexibility index (Phi) is 21.6. The highest BCUT2D eigenvalue weighted by Crippen LogP contribution is 2.21. The van der Waals surface area contributed by atoms with E-state index in [0.717, 1.165) is 34.0 Å². The Bertz CT molecular complexity index is 2540. The lowest BCUT2D eigenvalue weighted by Crippen LogP contribution is -2.58. The zero-order valence-corrected chi connectivity index (χ0v) is 41.2. The predicted octanol–water partition coefficient (Wildman–Crippen LogP) is 1.35. The first-order chi connectivity index (χ1) is 34.6. The fraction of sp³-hybridized carbons (Fsp3) is 0.442. The van der Waals surface area contributed by atoms with Gasteiger partial charge in [0.2, 0.25) is 47.3 Å². The molecule has 5 rings (SSSR count). The number of hydrogen-bond acceptors (Lipinski definition) is 9. The molecular weight excluding hydrogens is 921 g/mol. The zero-order chi connectivity index (χ0) is 52.0. The molecule has 0 radical (unpaired) electrons. The van der Waals surface area contributed by atoms with Crippen molar-refractivity contribution in [2.24, 2.45) is 22.2 Å². The molecule has 20 nitrogen and oxygen atoms in total. The molecular formula is C52H70N12O8. The predicted molar refractivity (Wildman–Crippen MR) is 273 cm³/mol. The number of para-hydroxylation sites is 1. The van der Waals surface area contributed by atoms with Crippen LogP contribution in [-0.4, -0.2) is 101 Å². The van der Waals surface area contributed by atoms with Gasteiger partial charge in [0, 0.05) is 62.4 Å². The molecule has 0 unspecified atom stereocenters. The van der Waals surface area contributed by atoms with Gasteiger partial charge in [-0.1, -0.05) is 80.1 Å². The number of unbranched alkanes of at least 4 members (excludes halogenated alkanes) is 1. The molecule has 0 spiro atoms. The molecule has 0 fully saturated rings. The number of nitrogens with zero attached hydrogens (tertiary/aromatic N) is 1. The van der Waals surface area contributed by atoms with Crippen molar-refractivity contribution in [3.8, 4) is 0 Å². The van der Waals surface area contributed by atoms with Crippen LogP contribution in [0.3, 0.4) is 0 Å². The van der Waals surface area contributed by atoms with Crippen molar-refractivity contribution in [1.29, 1.82) is 0 Å². The number of hydrogen-bond donors (Lipinski definition) is 11. The zero-order valence-electron chi connectivity index (χ0n) is 41.2. The number of H-pyrrole nitrogens is 1. The minimum Gasteiger partial charge on any atom is -0.370 e. The van der Waals surface area contributed by atoms with Crippen LogP contribution >= 0.6 is 0 Å². The van der Waals surface area contributed by atoms with Crippen molar-refractivity contribution in [3.05, 3.63) is 107 Å². The van der Waals surface area contributed by atoms with Gasteiger partial charge < -0.3 is 59.4 Å². The second kappa shape index (κ2) is 28.2. The highest BCUT2D eigenvalue weighted by molar-refractivity contribution is 5.96. The Morgan fingerprint density at radius 3 is 2.18 bits per heavy atom. The van der Waals surface area contributed by atoms with E-state index < -0.39 is 71.6 Å². The molecule has 1 aliphatic rings. The largest absolute Gasteiger partial charge is 0.370 e. The van der Waals surface area contributed by atoms with Gasteiger partial charge in [0.05, 0.1) is 6.42 Å². The summed E-state index contributed by atoms with van der Waals surface area (Å²) in [4.78, 5) is 117. The van der Waals surface area contributed by atoms with Crippen LogP contribution in [0.5, 0.6) is 0 Å². The molecule has 0 saturated carbocycles. The monoisotopic (exact) mass is 991 g/mol. The number of aromatic nitrogens is 1. The molecule has 386 valence electrons. The van der Waals surface area contributed by atoms with E-state index in [9.17, 15) is 38.4 Å². The minimum absolute atomic E-state index is 0.0267. The molecule has 20 heteroatoms. The highest BCUT2D eigenvalue weighted by Gasteiger charge is 2.32. The van der Waals surface area contributed by atoms with Crippen molar-refractivity contribution in [2.75, 3.05) is 13.1 Å². The number of carbonyl (C=O) groups is 8. The van der Waals surface area contributed by atoms with Crippen molar-refractivity contribution >= 4 is 64.1 Å². The maximum Gasteiger partial charge on any atom is 0.243 e. The number of rotatable bonds is 13. The second-order valence-electron chi connectivity index (χ2n) is 18.1. The van der Waals surface area contributed by atoms with Gasteiger partial charge in [-0.05, 0) is 85.8 Å². The number of aliphatic imine (C=N–C) groups is 1. The topological polar surface area (TPSA) is 327 Å². The second-order valence-corrected chi connectivity index (χ2v) is 18.1. The van der Waals surface area contributed by atoms with Gasteiger partial charge in [0.15, 0.2) is 5.96 Å². The third-order valence-corrected chi connectivity index (χ3v) is 12.5. The van der Waals surface area contributed by atoms with E-state index in [-0.39, 0.29) is 89.3 Å². The van der Waals surface area contributed by atoms with Gasteiger partial charge >= 0.3 is 0 Å². The minimum atomic E-state index is -1.28. The molecule has 2 heterocycles. The average Bonchev–Trinajstić information content (AvgIpc) is 3.76. The van der Waals surface area contributed by atoms with Crippen LogP contribution in [-0.2, 0) is 64.2 Å². The first-order valence-corrected chi connectivity index (χ1v) is 24.7. The number of guanidine groups is 1. The Balaban J connectivity index is 1.49. The van der Waals surface area contributed by atoms with Crippen LogP contribution in [0, 0.1) is 6.92 Å². The van der Waals surface area contributed by atoms with Crippen LogP contribution in [0.2, 0.25) is 0 Å². The van der Waals surface area contributed by atoms with E-state index in [1.54, 1.807) is 18.3 Å². The number of aryl methyl sites for hydroxylation is 1. The number of primary amides is 1. The first kappa shape index (κ1) is 55.2. The quantitative estimate of drug-likeness (QED) is 0.0519. The van der Waals surface area contributed by atoms with E-state index in [0.29, 0.717) is 30.4 Å². The Labute approximate surface area is 419 Å². The lowest BCUT2D eigenvalue weighted by Gasteiger charge is -2.26. The number of fused-ring (bicyclic) bond motifs is 2. The lowest BCUT2D eigenvalue weighted by molar-refractivity contribution is -0.134. The van der Waals surface area contributed by atoms with E-state index in [4.69, 9.17) is 17.2 Å². The molecule has 4 aromatic rings. The first-order valence-electron chi connectivity index (χ1n) is 24.7. The summed E-state index contributed by atoms with van der Waals surface area (Å²) in [6.45, 7) is 4.12. The van der Waals surface area contributed by atoms with Crippen molar-refractivity contribution < 1.29 is 38.4 Å². The number of carbonyl (C=O) groups excluding carboxylic acids is 8. The Hall–Kier alpha value is -7.77. The SMILES string of the molecule is CCCCC(=O)N[C@H]1CC(=O)NCCCC[C@@H](C(N)=O)NC(=O)[C@H](Cc2c[nH]c3ccccc23)NC(=O)[C@H](CCCN=C(N)N)NC(=O)[C@@H](Cc2ccccc2)NC(=O)CCc2c(C)cccc2CNC1=O. The third-order valence-electron chi connectivity index (χ3n) is 12.5. The normalized spacial score (nSPS) is 20.5. The van der Waals surface area contributed by atoms with Crippen molar-refractivity contribution in [3.63, 3.8) is 0 Å². The van der Waals surface area contributed by atoms with Crippen LogP contribution in [0.4, 0.5) is 0 Å². The summed E-state index contributed by atoms with van der Waals surface area (Å²) in [6, 6.07) is 15.9. The fourth-order valence-corrected chi connectivity index (χ4v) is 8.53. The molecule has 14 N–H and O–H groups in total. The lowest BCUT2D eigenvalue weighted by atomic mass is 9.97. The summed E-state index contributed by atoms with van der Waals surface area (Å²) >= 11 is 0. The molecule has 1 aliphatic heterocycles. The average molecular weight is 991 g/mol. The van der Waals surface area contributed by atoms with Crippen LogP contribution in [0.25, 0.3) is 10.9 Å². The molecule has 3 aromatic carbocycles. The third kappa shape index (κ3) is 17.6. The molecule has 72 heavy (non-hydrogen) atoms. The van der Waals surface area contributed by atoms with Gasteiger partial charge in [-0.25, -0.2) is 0 Å². The van der Waals surface area contributed by atoms with Gasteiger partial charge in [0.1, 0.15) is 30.2 Å². The van der Waals surface area contributed by atoms with Gasteiger partial charge in [-0.2, -0.15) is 0 Å². The summed E-state index contributed by atoms with van der Waals surface area (Å²) in [5.41, 5.74) is 21.5. The van der Waals surface area contributed by atoms with Crippen molar-refractivity contribution in [2.45, 2.75) is 134 Å². The molecule has 0 saturated heterocycles. The van der Waals surface area contributed by atoms with Crippen LogP contribution in [0.1, 0.15) is 98.9 Å². The summed E-state index contributed by atoms with van der Waals surface area (Å²) in [7, 11) is 0. The number of nitrogens with two attached hydrogens (primary N) is 3. The fourth-order valence-electron chi connectivity index (χ4n) is 8.53. The van der Waals surface area contributed by atoms with E-state index in [2.05, 4.69) is 47.2 Å². The summed E-state index contributed by atoms with van der Waals surface area (Å²) in [5.74, 6) is -4.98. The summed E-state index contributed by atoms with van der Waals surface area (Å²) in [6.07, 6.45) is 4.16. The maximum atomic E-state index is 14.5. The summed E-state index contributed by atoms with van der Waals surface area (Å²) in [5, 5.41) is 20.4. The van der Waals surface area contributed by atoms with E-state index >= 15 is 0 Å². The molecule has 1 aromatic heterocycles. The van der Waals surface area contributed by atoms with Crippen molar-refractivity contribution in [1.82, 2.24) is 42.2 Å². The summed E-state index contributed by atoms with van der Waals surface area (Å²) < 4.78 is 0. The molecule has 0 aliphatic carbocycles. The van der Waals surface area contributed by atoms with Gasteiger partial charge in [0.25, 0.3) is 0 Å². The number of nitrogens with one attached hydrogen (secondary N) is 8. The maximum absolute atomic E-state index is 14.5. The van der Waals surface area contributed by atoms with Crippen LogP contribution in [0.15, 0.2) is 84.0 Å². The highest BCUT2D eigenvalue weighted by atomic mass is 16.2. The Morgan fingerprint density at radius 2 is 1.43 bits per heavy atom. The molecule has 8 amide bonds.